The Balaban J connectivity index is 0.00000128. The number of hydrogen-bond donors (Lipinski definition) is 1. The van der Waals surface area contributed by atoms with Crippen molar-refractivity contribution in [2.24, 2.45) is 11.7 Å². The Morgan fingerprint density at radius 3 is 2.31 bits per heavy atom. The van der Waals surface area contributed by atoms with Gasteiger partial charge >= 0.3 is 0 Å². The highest BCUT2D eigenvalue weighted by Crippen LogP contribution is 2.28. The first kappa shape index (κ1) is 13.7. The first-order valence-corrected chi connectivity index (χ1v) is 5.78. The van der Waals surface area contributed by atoms with Crippen LogP contribution in [0.1, 0.15) is 25.7 Å². The minimum absolute atomic E-state index is 0. The van der Waals surface area contributed by atoms with Gasteiger partial charge in [0.05, 0.1) is 6.10 Å². The number of carbonyl (C=O) groups excluding carboxylic acids is 1. The van der Waals surface area contributed by atoms with Crippen LogP contribution in [0.15, 0.2) is 0 Å². The quantitative estimate of drug-likeness (QED) is 0.786. The lowest BCUT2D eigenvalue weighted by atomic mass is 9.79. The van der Waals surface area contributed by atoms with Gasteiger partial charge in [-0.05, 0) is 25.7 Å². The molecule has 1 heterocycles. The van der Waals surface area contributed by atoms with Crippen LogP contribution in [0.4, 0.5) is 0 Å². The Kier molecular flexibility index (Phi) is 5.02. The van der Waals surface area contributed by atoms with Gasteiger partial charge in [-0.15, -0.1) is 12.4 Å². The fourth-order valence-electron chi connectivity index (χ4n) is 2.43. The molecule has 1 aliphatic carbocycles. The SMILES string of the molecule is COC1CCN(C(=O)C2CC(N)C2)CC1.Cl. The molecule has 0 bridgehead atoms. The predicted octanol–water partition coefficient (Wildman–Crippen LogP) is 0.783. The van der Waals surface area contributed by atoms with Crippen LogP contribution in [0.5, 0.6) is 0 Å². The highest BCUT2D eigenvalue weighted by Gasteiger charge is 2.35. The van der Waals surface area contributed by atoms with Crippen LogP contribution in [0.3, 0.4) is 0 Å². The summed E-state index contributed by atoms with van der Waals surface area (Å²) in [6, 6.07) is 0.260. The number of piperidine rings is 1. The first-order chi connectivity index (χ1) is 7.20. The molecule has 0 aromatic carbocycles. The Morgan fingerprint density at radius 1 is 1.31 bits per heavy atom. The summed E-state index contributed by atoms with van der Waals surface area (Å²) < 4.78 is 5.28. The van der Waals surface area contributed by atoms with Crippen molar-refractivity contribution in [1.29, 1.82) is 0 Å². The van der Waals surface area contributed by atoms with Gasteiger partial charge in [-0.3, -0.25) is 4.79 Å². The molecule has 0 radical (unpaired) electrons. The van der Waals surface area contributed by atoms with Crippen molar-refractivity contribution >= 4 is 18.3 Å². The van der Waals surface area contributed by atoms with Gasteiger partial charge in [0.1, 0.15) is 0 Å². The van der Waals surface area contributed by atoms with Crippen LogP contribution >= 0.6 is 12.4 Å². The van der Waals surface area contributed by atoms with Gasteiger partial charge in [0.15, 0.2) is 0 Å². The second-order valence-corrected chi connectivity index (χ2v) is 4.69. The molecule has 94 valence electrons. The minimum atomic E-state index is 0. The smallest absolute Gasteiger partial charge is 0.225 e. The van der Waals surface area contributed by atoms with E-state index >= 15 is 0 Å². The van der Waals surface area contributed by atoms with E-state index in [1.807, 2.05) is 4.90 Å². The second kappa shape index (κ2) is 5.84. The topological polar surface area (TPSA) is 55.6 Å². The van der Waals surface area contributed by atoms with Gasteiger partial charge in [0, 0.05) is 32.2 Å². The molecular weight excluding hydrogens is 228 g/mol. The van der Waals surface area contributed by atoms with Gasteiger partial charge < -0.3 is 15.4 Å². The number of likely N-dealkylation sites (tertiary alicyclic amines) is 1. The van der Waals surface area contributed by atoms with Crippen molar-refractivity contribution in [3.63, 3.8) is 0 Å². The molecule has 2 rings (SSSR count). The second-order valence-electron chi connectivity index (χ2n) is 4.69. The van der Waals surface area contributed by atoms with Crippen LogP contribution in [-0.4, -0.2) is 43.2 Å². The summed E-state index contributed by atoms with van der Waals surface area (Å²) >= 11 is 0. The van der Waals surface area contributed by atoms with Gasteiger partial charge in [-0.1, -0.05) is 0 Å². The van der Waals surface area contributed by atoms with Gasteiger partial charge in [0.2, 0.25) is 5.91 Å². The molecule has 1 saturated heterocycles. The number of amides is 1. The molecule has 0 aromatic heterocycles. The molecule has 0 spiro atoms. The summed E-state index contributed by atoms with van der Waals surface area (Å²) in [5, 5.41) is 0. The number of methoxy groups -OCH3 is 1. The van der Waals surface area contributed by atoms with Gasteiger partial charge in [-0.2, -0.15) is 0 Å². The predicted molar refractivity (Wildman–Crippen MR) is 64.6 cm³/mol. The summed E-state index contributed by atoms with van der Waals surface area (Å²) in [7, 11) is 1.74. The molecule has 0 atom stereocenters. The highest BCUT2D eigenvalue weighted by molar-refractivity contribution is 5.85. The summed E-state index contributed by atoms with van der Waals surface area (Å²) in [5.74, 6) is 0.519. The number of nitrogens with two attached hydrogens (primary N) is 1. The molecule has 2 aliphatic rings. The molecule has 1 saturated carbocycles. The van der Waals surface area contributed by atoms with Crippen molar-refractivity contribution in [2.75, 3.05) is 20.2 Å². The number of nitrogens with zero attached hydrogens (tertiary/aromatic N) is 1. The van der Waals surface area contributed by atoms with Crippen molar-refractivity contribution in [3.8, 4) is 0 Å². The van der Waals surface area contributed by atoms with Crippen LogP contribution in [0.25, 0.3) is 0 Å². The van der Waals surface area contributed by atoms with E-state index in [9.17, 15) is 4.79 Å². The summed E-state index contributed by atoms with van der Waals surface area (Å²) in [6.45, 7) is 1.70. The summed E-state index contributed by atoms with van der Waals surface area (Å²) in [4.78, 5) is 13.9. The molecular formula is C11H21ClN2O2. The number of rotatable bonds is 2. The average Bonchev–Trinajstić information content (AvgIpc) is 2.24. The third kappa shape index (κ3) is 2.87. The fraction of sp³-hybridized carbons (Fsp3) is 0.909. The van der Waals surface area contributed by atoms with Crippen molar-refractivity contribution in [3.05, 3.63) is 0 Å². The van der Waals surface area contributed by atoms with E-state index in [0.29, 0.717) is 12.0 Å². The monoisotopic (exact) mass is 248 g/mol. The Morgan fingerprint density at radius 2 is 1.88 bits per heavy atom. The normalized spacial score (nSPS) is 30.5. The molecule has 4 nitrogen and oxygen atoms in total. The molecule has 5 heteroatoms. The van der Waals surface area contributed by atoms with E-state index in [1.54, 1.807) is 7.11 Å². The maximum Gasteiger partial charge on any atom is 0.225 e. The first-order valence-electron chi connectivity index (χ1n) is 5.78. The number of carbonyl (C=O) groups is 1. The molecule has 0 aromatic rings. The summed E-state index contributed by atoms with van der Waals surface area (Å²) in [6.07, 6.45) is 4.05. The van der Waals surface area contributed by atoms with Gasteiger partial charge in [-0.25, -0.2) is 0 Å². The maximum atomic E-state index is 12.0. The van der Waals surface area contributed by atoms with Crippen molar-refractivity contribution < 1.29 is 9.53 Å². The molecule has 2 N–H and O–H groups in total. The Labute approximate surface area is 103 Å². The molecule has 1 amide bonds. The maximum absolute atomic E-state index is 12.0. The molecule has 2 fully saturated rings. The standard InChI is InChI=1S/C11H20N2O2.ClH/c1-15-10-2-4-13(5-3-10)11(14)8-6-9(12)7-8;/h8-10H,2-7,12H2,1H3;1H. The third-order valence-corrected chi connectivity index (χ3v) is 3.61. The molecule has 0 unspecified atom stereocenters. The lowest BCUT2D eigenvalue weighted by molar-refractivity contribution is -0.141. The van der Waals surface area contributed by atoms with Crippen LogP contribution < -0.4 is 5.73 Å². The van der Waals surface area contributed by atoms with E-state index in [-0.39, 0.29) is 24.4 Å². The number of halogens is 1. The van der Waals surface area contributed by atoms with E-state index in [0.717, 1.165) is 38.8 Å². The van der Waals surface area contributed by atoms with Crippen LogP contribution in [0.2, 0.25) is 0 Å². The lowest BCUT2D eigenvalue weighted by Crippen LogP contribution is -2.49. The third-order valence-electron chi connectivity index (χ3n) is 3.61. The number of hydrogen-bond acceptors (Lipinski definition) is 3. The molecule has 16 heavy (non-hydrogen) atoms. The van der Waals surface area contributed by atoms with E-state index < -0.39 is 0 Å². The lowest BCUT2D eigenvalue weighted by Gasteiger charge is -2.38. The minimum Gasteiger partial charge on any atom is -0.381 e. The zero-order valence-electron chi connectivity index (χ0n) is 9.72. The van der Waals surface area contributed by atoms with E-state index in [4.69, 9.17) is 10.5 Å². The average molecular weight is 249 g/mol. The van der Waals surface area contributed by atoms with Crippen LogP contribution in [-0.2, 0) is 9.53 Å². The largest absolute Gasteiger partial charge is 0.381 e. The van der Waals surface area contributed by atoms with E-state index in [2.05, 4.69) is 0 Å². The van der Waals surface area contributed by atoms with Gasteiger partial charge in [0.25, 0.3) is 0 Å². The van der Waals surface area contributed by atoms with E-state index in [1.165, 1.54) is 0 Å². The zero-order chi connectivity index (χ0) is 10.8. The van der Waals surface area contributed by atoms with Crippen molar-refractivity contribution in [1.82, 2.24) is 4.90 Å². The summed E-state index contributed by atoms with van der Waals surface area (Å²) in [5.41, 5.74) is 5.69. The highest BCUT2D eigenvalue weighted by atomic mass is 35.5. The molecule has 1 aliphatic heterocycles. The fourth-order valence-corrected chi connectivity index (χ4v) is 2.43. The zero-order valence-corrected chi connectivity index (χ0v) is 10.5. The van der Waals surface area contributed by atoms with Crippen molar-refractivity contribution in [2.45, 2.75) is 37.8 Å². The van der Waals surface area contributed by atoms with Crippen LogP contribution in [0, 0.1) is 5.92 Å². The Hall–Kier alpha value is -0.320. The number of ether oxygens (including phenoxy) is 1. The Bertz CT molecular complexity index is 236.